The molecule has 0 aromatic carbocycles. The summed E-state index contributed by atoms with van der Waals surface area (Å²) in [5.41, 5.74) is 3.23. The molecule has 1 heteroatoms. The van der Waals surface area contributed by atoms with E-state index in [0.717, 1.165) is 12.8 Å². The van der Waals surface area contributed by atoms with E-state index >= 15 is 0 Å². The Bertz CT molecular complexity index is 310. The SMILES string of the molecule is CCCCCC(O)/C=C/C1=C(C)CCCC1(C)C. The van der Waals surface area contributed by atoms with Crippen molar-refractivity contribution in [3.05, 3.63) is 23.3 Å². The molecule has 1 rings (SSSR count). The van der Waals surface area contributed by atoms with Gasteiger partial charge in [0.05, 0.1) is 6.10 Å². The zero-order chi connectivity index (χ0) is 13.6. The molecule has 1 unspecified atom stereocenters. The largest absolute Gasteiger partial charge is 0.389 e. The third-order valence-corrected chi connectivity index (χ3v) is 4.13. The van der Waals surface area contributed by atoms with Crippen molar-refractivity contribution in [2.45, 2.75) is 78.7 Å². The molecule has 1 nitrogen and oxygen atoms in total. The summed E-state index contributed by atoms with van der Waals surface area (Å²) in [4.78, 5) is 0. The third kappa shape index (κ3) is 4.61. The quantitative estimate of drug-likeness (QED) is 0.657. The molecule has 0 spiro atoms. The normalized spacial score (nSPS) is 21.6. The van der Waals surface area contributed by atoms with Gasteiger partial charge < -0.3 is 5.11 Å². The maximum absolute atomic E-state index is 9.95. The minimum absolute atomic E-state index is 0.269. The van der Waals surface area contributed by atoms with Gasteiger partial charge in [0.2, 0.25) is 0 Å². The van der Waals surface area contributed by atoms with Crippen LogP contribution < -0.4 is 0 Å². The standard InChI is InChI=1S/C17H30O/c1-5-6-7-10-15(18)11-12-16-14(2)9-8-13-17(16,3)4/h11-12,15,18H,5-10,13H2,1-4H3/b12-11+. The molecule has 0 aromatic rings. The van der Waals surface area contributed by atoms with E-state index in [1.807, 2.05) is 6.08 Å². The van der Waals surface area contributed by atoms with Crippen molar-refractivity contribution < 1.29 is 5.11 Å². The van der Waals surface area contributed by atoms with Crippen LogP contribution in [0.3, 0.4) is 0 Å². The van der Waals surface area contributed by atoms with Crippen LogP contribution >= 0.6 is 0 Å². The van der Waals surface area contributed by atoms with Gasteiger partial charge in [-0.3, -0.25) is 0 Å². The molecule has 0 amide bonds. The van der Waals surface area contributed by atoms with Crippen LogP contribution in [0.1, 0.15) is 72.6 Å². The first-order valence-corrected chi connectivity index (χ1v) is 7.54. The van der Waals surface area contributed by atoms with Crippen LogP contribution in [0.2, 0.25) is 0 Å². The predicted molar refractivity (Wildman–Crippen MR) is 79.6 cm³/mol. The van der Waals surface area contributed by atoms with Crippen molar-refractivity contribution in [1.82, 2.24) is 0 Å². The Morgan fingerprint density at radius 1 is 1.33 bits per heavy atom. The van der Waals surface area contributed by atoms with Gasteiger partial charge in [-0.2, -0.15) is 0 Å². The van der Waals surface area contributed by atoms with Gasteiger partial charge in [0.1, 0.15) is 0 Å². The highest BCUT2D eigenvalue weighted by atomic mass is 16.3. The molecular formula is C17H30O. The zero-order valence-electron chi connectivity index (χ0n) is 12.6. The molecule has 104 valence electrons. The van der Waals surface area contributed by atoms with Gasteiger partial charge in [-0.1, -0.05) is 57.8 Å². The highest BCUT2D eigenvalue weighted by Crippen LogP contribution is 2.40. The molecule has 18 heavy (non-hydrogen) atoms. The average Bonchev–Trinajstić information content (AvgIpc) is 2.28. The van der Waals surface area contributed by atoms with E-state index in [9.17, 15) is 5.11 Å². The smallest absolute Gasteiger partial charge is 0.0724 e. The molecule has 0 saturated carbocycles. The van der Waals surface area contributed by atoms with E-state index in [4.69, 9.17) is 0 Å². The van der Waals surface area contributed by atoms with E-state index in [0.29, 0.717) is 0 Å². The average molecular weight is 250 g/mol. The van der Waals surface area contributed by atoms with E-state index in [2.05, 4.69) is 33.8 Å². The van der Waals surface area contributed by atoms with Crippen LogP contribution in [0.25, 0.3) is 0 Å². The van der Waals surface area contributed by atoms with Crippen LogP contribution in [0, 0.1) is 5.41 Å². The van der Waals surface area contributed by atoms with Crippen molar-refractivity contribution in [3.63, 3.8) is 0 Å². The topological polar surface area (TPSA) is 20.2 Å². The molecule has 0 bridgehead atoms. The minimum atomic E-state index is -0.269. The number of unbranched alkanes of at least 4 members (excludes halogenated alkanes) is 2. The first-order chi connectivity index (χ1) is 8.47. The number of hydrogen-bond acceptors (Lipinski definition) is 1. The van der Waals surface area contributed by atoms with Crippen molar-refractivity contribution in [3.8, 4) is 0 Å². The summed E-state index contributed by atoms with van der Waals surface area (Å²) in [5.74, 6) is 0. The highest BCUT2D eigenvalue weighted by molar-refractivity contribution is 5.32. The number of hydrogen-bond donors (Lipinski definition) is 1. The van der Waals surface area contributed by atoms with Gasteiger partial charge in [-0.15, -0.1) is 0 Å². The molecule has 0 saturated heterocycles. The van der Waals surface area contributed by atoms with E-state index in [1.54, 1.807) is 0 Å². The number of rotatable bonds is 6. The van der Waals surface area contributed by atoms with Crippen LogP contribution in [-0.4, -0.2) is 11.2 Å². The Kier molecular flexibility index (Phi) is 6.14. The van der Waals surface area contributed by atoms with Crippen LogP contribution in [0.15, 0.2) is 23.3 Å². The van der Waals surface area contributed by atoms with Crippen LogP contribution in [-0.2, 0) is 0 Å². The molecular weight excluding hydrogens is 220 g/mol. The van der Waals surface area contributed by atoms with Crippen molar-refractivity contribution in [1.29, 1.82) is 0 Å². The Morgan fingerprint density at radius 3 is 2.67 bits per heavy atom. The second kappa shape index (κ2) is 7.13. The van der Waals surface area contributed by atoms with Gasteiger partial charge in [-0.05, 0) is 43.6 Å². The van der Waals surface area contributed by atoms with Crippen molar-refractivity contribution in [2.75, 3.05) is 0 Å². The maximum atomic E-state index is 9.95. The maximum Gasteiger partial charge on any atom is 0.0724 e. The molecule has 1 aliphatic carbocycles. The lowest BCUT2D eigenvalue weighted by molar-refractivity contribution is 0.208. The van der Waals surface area contributed by atoms with E-state index in [-0.39, 0.29) is 11.5 Å². The summed E-state index contributed by atoms with van der Waals surface area (Å²) in [5, 5.41) is 9.95. The van der Waals surface area contributed by atoms with Gasteiger partial charge in [0.15, 0.2) is 0 Å². The first kappa shape index (κ1) is 15.5. The second-order valence-corrected chi connectivity index (χ2v) is 6.35. The molecule has 0 fully saturated rings. The van der Waals surface area contributed by atoms with Crippen molar-refractivity contribution in [2.24, 2.45) is 5.41 Å². The summed E-state index contributed by atoms with van der Waals surface area (Å²) in [6.45, 7) is 9.07. The Morgan fingerprint density at radius 2 is 2.06 bits per heavy atom. The van der Waals surface area contributed by atoms with E-state index < -0.39 is 0 Å². The highest BCUT2D eigenvalue weighted by Gasteiger charge is 2.26. The Hall–Kier alpha value is -0.560. The summed E-state index contributed by atoms with van der Waals surface area (Å²) in [6.07, 6.45) is 12.2. The summed E-state index contributed by atoms with van der Waals surface area (Å²) in [6, 6.07) is 0. The molecule has 0 aliphatic heterocycles. The van der Waals surface area contributed by atoms with Gasteiger partial charge in [0, 0.05) is 0 Å². The summed E-state index contributed by atoms with van der Waals surface area (Å²) < 4.78 is 0. The van der Waals surface area contributed by atoms with E-state index in [1.165, 1.54) is 43.3 Å². The Balaban J connectivity index is 2.59. The first-order valence-electron chi connectivity index (χ1n) is 7.54. The predicted octanol–water partition coefficient (Wildman–Crippen LogP) is 5.01. The molecule has 0 radical (unpaired) electrons. The van der Waals surface area contributed by atoms with Gasteiger partial charge in [-0.25, -0.2) is 0 Å². The van der Waals surface area contributed by atoms with Crippen LogP contribution in [0.4, 0.5) is 0 Å². The number of allylic oxidation sites excluding steroid dienone is 3. The lowest BCUT2D eigenvalue weighted by atomic mass is 9.72. The fourth-order valence-corrected chi connectivity index (χ4v) is 2.92. The summed E-state index contributed by atoms with van der Waals surface area (Å²) in [7, 11) is 0. The molecule has 1 atom stereocenters. The van der Waals surface area contributed by atoms with Gasteiger partial charge in [0.25, 0.3) is 0 Å². The van der Waals surface area contributed by atoms with Crippen LogP contribution in [0.5, 0.6) is 0 Å². The molecule has 1 aliphatic rings. The molecule has 0 heterocycles. The monoisotopic (exact) mass is 250 g/mol. The number of aliphatic hydroxyl groups excluding tert-OH is 1. The fraction of sp³-hybridized carbons (Fsp3) is 0.765. The Labute approximate surface area is 113 Å². The molecule has 1 N–H and O–H groups in total. The van der Waals surface area contributed by atoms with Crippen molar-refractivity contribution >= 4 is 0 Å². The third-order valence-electron chi connectivity index (χ3n) is 4.13. The minimum Gasteiger partial charge on any atom is -0.389 e. The van der Waals surface area contributed by atoms with Gasteiger partial charge >= 0.3 is 0 Å². The zero-order valence-corrected chi connectivity index (χ0v) is 12.6. The lowest BCUT2D eigenvalue weighted by Gasteiger charge is -2.33. The lowest BCUT2D eigenvalue weighted by Crippen LogP contribution is -2.19. The fourth-order valence-electron chi connectivity index (χ4n) is 2.92. The molecule has 0 aromatic heterocycles. The summed E-state index contributed by atoms with van der Waals surface area (Å²) >= 11 is 0. The number of aliphatic hydroxyl groups is 1. The second-order valence-electron chi connectivity index (χ2n) is 6.35.